The molecule has 38 heavy (non-hydrogen) atoms. The van der Waals surface area contributed by atoms with Gasteiger partial charge in [-0.3, -0.25) is 9.10 Å². The Morgan fingerprint density at radius 2 is 1.29 bits per heavy atom. The standard InChI is InChI=1S/C29H28N2O5S2/c1-22(24-17-19-25(20-18-24)37(2,33)34)30-29(32)27-15-9-10-16-28(27)31(21-23-11-5-3-6-12-23)38(35,36)26-13-7-4-8-14-26/h3-20,22H,21H2,1-2H3,(H,30,32)/t22-/m1/s1. The monoisotopic (exact) mass is 548 g/mol. The van der Waals surface area contributed by atoms with Crippen molar-refractivity contribution >= 4 is 31.5 Å². The lowest BCUT2D eigenvalue weighted by Gasteiger charge is -2.27. The average molecular weight is 549 g/mol. The smallest absolute Gasteiger partial charge is 0.264 e. The van der Waals surface area contributed by atoms with Crippen LogP contribution in [0.1, 0.15) is 34.5 Å². The van der Waals surface area contributed by atoms with E-state index in [-0.39, 0.29) is 27.6 Å². The molecule has 0 saturated carbocycles. The lowest BCUT2D eigenvalue weighted by atomic mass is 10.1. The van der Waals surface area contributed by atoms with Crippen LogP contribution in [0.15, 0.2) is 119 Å². The molecule has 0 aliphatic carbocycles. The molecule has 0 aromatic heterocycles. The molecule has 1 amide bonds. The zero-order chi connectivity index (χ0) is 27.3. The second-order valence-electron chi connectivity index (χ2n) is 8.86. The highest BCUT2D eigenvalue weighted by atomic mass is 32.2. The van der Waals surface area contributed by atoms with Crippen molar-refractivity contribution < 1.29 is 21.6 Å². The predicted octanol–water partition coefficient (Wildman–Crippen LogP) is 4.98. The minimum Gasteiger partial charge on any atom is -0.345 e. The van der Waals surface area contributed by atoms with Gasteiger partial charge in [-0.05, 0) is 54.4 Å². The number of amides is 1. The Labute approximate surface area is 223 Å². The molecule has 0 spiro atoms. The van der Waals surface area contributed by atoms with Crippen molar-refractivity contribution in [2.45, 2.75) is 29.3 Å². The SMILES string of the molecule is C[C@@H](NC(=O)c1ccccc1N(Cc1ccccc1)S(=O)(=O)c1ccccc1)c1ccc(S(C)(=O)=O)cc1. The fraction of sp³-hybridized carbons (Fsp3) is 0.138. The summed E-state index contributed by atoms with van der Waals surface area (Å²) in [4.78, 5) is 13.8. The first-order chi connectivity index (χ1) is 18.1. The van der Waals surface area contributed by atoms with Gasteiger partial charge < -0.3 is 5.32 Å². The number of anilines is 1. The van der Waals surface area contributed by atoms with E-state index < -0.39 is 31.8 Å². The van der Waals surface area contributed by atoms with Crippen LogP contribution >= 0.6 is 0 Å². The maximum absolute atomic E-state index is 13.8. The number of carbonyl (C=O) groups excluding carboxylic acids is 1. The molecule has 4 aromatic carbocycles. The van der Waals surface area contributed by atoms with Gasteiger partial charge in [0.1, 0.15) is 0 Å². The van der Waals surface area contributed by atoms with E-state index in [1.54, 1.807) is 61.5 Å². The number of sulfonamides is 1. The Morgan fingerprint density at radius 1 is 0.737 bits per heavy atom. The number of benzene rings is 4. The number of hydrogen-bond donors (Lipinski definition) is 1. The van der Waals surface area contributed by atoms with Gasteiger partial charge in [-0.1, -0.05) is 72.8 Å². The first-order valence-electron chi connectivity index (χ1n) is 11.9. The van der Waals surface area contributed by atoms with Crippen LogP contribution in [0.25, 0.3) is 0 Å². The fourth-order valence-electron chi connectivity index (χ4n) is 4.01. The molecule has 4 aromatic rings. The first-order valence-corrected chi connectivity index (χ1v) is 15.2. The van der Waals surface area contributed by atoms with E-state index in [0.29, 0.717) is 5.56 Å². The summed E-state index contributed by atoms with van der Waals surface area (Å²) in [5, 5.41) is 2.91. The molecule has 1 atom stereocenters. The summed E-state index contributed by atoms with van der Waals surface area (Å²) in [7, 11) is -7.35. The van der Waals surface area contributed by atoms with Crippen LogP contribution < -0.4 is 9.62 Å². The van der Waals surface area contributed by atoms with Crippen LogP contribution in [0, 0.1) is 0 Å². The van der Waals surface area contributed by atoms with Crippen LogP contribution in [0.2, 0.25) is 0 Å². The summed E-state index contributed by atoms with van der Waals surface area (Å²) in [6.45, 7) is 1.81. The van der Waals surface area contributed by atoms with E-state index in [1.807, 2.05) is 30.3 Å². The summed E-state index contributed by atoms with van der Waals surface area (Å²) in [6, 6.07) is 29.7. The molecular formula is C29H28N2O5S2. The van der Waals surface area contributed by atoms with Crippen molar-refractivity contribution in [2.24, 2.45) is 0 Å². The molecule has 7 nitrogen and oxygen atoms in total. The van der Waals surface area contributed by atoms with E-state index in [2.05, 4.69) is 5.32 Å². The molecule has 4 rings (SSSR count). The number of carbonyl (C=O) groups is 1. The summed E-state index contributed by atoms with van der Waals surface area (Å²) in [6.07, 6.45) is 1.13. The highest BCUT2D eigenvalue weighted by Crippen LogP contribution is 2.30. The number of sulfone groups is 1. The molecule has 0 saturated heterocycles. The lowest BCUT2D eigenvalue weighted by molar-refractivity contribution is 0.0940. The van der Waals surface area contributed by atoms with Gasteiger partial charge in [0.25, 0.3) is 15.9 Å². The summed E-state index contributed by atoms with van der Waals surface area (Å²) in [5.41, 5.74) is 1.92. The minimum atomic E-state index is -4.01. The van der Waals surface area contributed by atoms with Crippen molar-refractivity contribution in [1.29, 1.82) is 0 Å². The molecule has 9 heteroatoms. The van der Waals surface area contributed by atoms with Crippen LogP contribution in [-0.4, -0.2) is 29.0 Å². The topological polar surface area (TPSA) is 101 Å². The average Bonchev–Trinajstić information content (AvgIpc) is 2.92. The molecule has 0 heterocycles. The molecular weight excluding hydrogens is 520 g/mol. The van der Waals surface area contributed by atoms with E-state index in [9.17, 15) is 21.6 Å². The minimum absolute atomic E-state index is 0.0326. The molecule has 1 N–H and O–H groups in total. The van der Waals surface area contributed by atoms with E-state index in [1.165, 1.54) is 28.6 Å². The highest BCUT2D eigenvalue weighted by Gasteiger charge is 2.29. The van der Waals surface area contributed by atoms with Gasteiger partial charge in [0.2, 0.25) is 0 Å². The van der Waals surface area contributed by atoms with E-state index in [4.69, 9.17) is 0 Å². The third kappa shape index (κ3) is 6.12. The zero-order valence-electron chi connectivity index (χ0n) is 21.0. The van der Waals surface area contributed by atoms with Gasteiger partial charge in [0, 0.05) is 6.26 Å². The van der Waals surface area contributed by atoms with Gasteiger partial charge in [0.05, 0.1) is 33.6 Å². The Hall–Kier alpha value is -3.95. The maximum Gasteiger partial charge on any atom is 0.264 e. The Morgan fingerprint density at radius 3 is 1.89 bits per heavy atom. The molecule has 0 unspecified atom stereocenters. The van der Waals surface area contributed by atoms with Crippen LogP contribution in [-0.2, 0) is 26.4 Å². The van der Waals surface area contributed by atoms with Crippen molar-refractivity contribution in [2.75, 3.05) is 10.6 Å². The van der Waals surface area contributed by atoms with Gasteiger partial charge in [-0.25, -0.2) is 16.8 Å². The Balaban J connectivity index is 1.69. The van der Waals surface area contributed by atoms with E-state index >= 15 is 0 Å². The largest absolute Gasteiger partial charge is 0.345 e. The van der Waals surface area contributed by atoms with Gasteiger partial charge >= 0.3 is 0 Å². The first kappa shape index (κ1) is 27.1. The predicted molar refractivity (Wildman–Crippen MR) is 148 cm³/mol. The quantitative estimate of drug-likeness (QED) is 0.318. The molecule has 0 aliphatic heterocycles. The van der Waals surface area contributed by atoms with Gasteiger partial charge in [-0.15, -0.1) is 0 Å². The molecule has 196 valence electrons. The van der Waals surface area contributed by atoms with Gasteiger partial charge in [-0.2, -0.15) is 0 Å². The number of rotatable bonds is 9. The van der Waals surface area contributed by atoms with Crippen LogP contribution in [0.4, 0.5) is 5.69 Å². The second-order valence-corrected chi connectivity index (χ2v) is 12.7. The van der Waals surface area contributed by atoms with Crippen molar-refractivity contribution in [3.8, 4) is 0 Å². The third-order valence-corrected chi connectivity index (χ3v) is 8.98. The number of nitrogens with one attached hydrogen (secondary N) is 1. The van der Waals surface area contributed by atoms with E-state index in [0.717, 1.165) is 11.8 Å². The highest BCUT2D eigenvalue weighted by molar-refractivity contribution is 7.92. The Bertz CT molecular complexity index is 1620. The van der Waals surface area contributed by atoms with Gasteiger partial charge in [0.15, 0.2) is 9.84 Å². The summed E-state index contributed by atoms with van der Waals surface area (Å²) < 4.78 is 52.4. The van der Waals surface area contributed by atoms with Crippen molar-refractivity contribution in [3.05, 3.63) is 126 Å². The number of hydrogen-bond acceptors (Lipinski definition) is 5. The molecule has 0 radical (unpaired) electrons. The van der Waals surface area contributed by atoms with Crippen molar-refractivity contribution in [1.82, 2.24) is 5.32 Å². The van der Waals surface area contributed by atoms with Crippen LogP contribution in [0.3, 0.4) is 0 Å². The Kier molecular flexibility index (Phi) is 7.99. The van der Waals surface area contributed by atoms with Crippen LogP contribution in [0.5, 0.6) is 0 Å². The third-order valence-electron chi connectivity index (χ3n) is 6.07. The number of para-hydroxylation sites is 1. The normalized spacial score (nSPS) is 12.5. The lowest BCUT2D eigenvalue weighted by Crippen LogP contribution is -2.34. The molecule has 0 bridgehead atoms. The summed E-state index contributed by atoms with van der Waals surface area (Å²) in [5.74, 6) is -0.457. The number of nitrogens with zero attached hydrogens (tertiary/aromatic N) is 1. The van der Waals surface area contributed by atoms with Crippen molar-refractivity contribution in [3.63, 3.8) is 0 Å². The maximum atomic E-state index is 13.8. The fourth-order valence-corrected chi connectivity index (χ4v) is 6.14. The zero-order valence-corrected chi connectivity index (χ0v) is 22.6. The molecule has 0 fully saturated rings. The molecule has 0 aliphatic rings. The summed E-state index contributed by atoms with van der Waals surface area (Å²) >= 11 is 0. The second kappa shape index (κ2) is 11.2.